The van der Waals surface area contributed by atoms with E-state index in [9.17, 15) is 18.7 Å². The maximum atomic E-state index is 13.3. The van der Waals surface area contributed by atoms with E-state index in [1.54, 1.807) is 0 Å². The van der Waals surface area contributed by atoms with Gasteiger partial charge in [-0.05, 0) is 25.0 Å². The van der Waals surface area contributed by atoms with Gasteiger partial charge in [-0.15, -0.1) is 0 Å². The van der Waals surface area contributed by atoms with E-state index < -0.39 is 23.6 Å². The Balaban J connectivity index is 1.84. The van der Waals surface area contributed by atoms with Crippen molar-refractivity contribution in [3.05, 3.63) is 29.8 Å². The molecule has 1 fully saturated rings. The second kappa shape index (κ2) is 7.36. The maximum absolute atomic E-state index is 13.3. The molecule has 1 saturated carbocycles. The second-order valence-corrected chi connectivity index (χ2v) is 5.24. The number of hydrogen-bond donors (Lipinski definition) is 2. The van der Waals surface area contributed by atoms with E-state index in [2.05, 4.69) is 5.32 Å². The lowest BCUT2D eigenvalue weighted by Crippen LogP contribution is -2.44. The highest BCUT2D eigenvalue weighted by molar-refractivity contribution is 5.77. The van der Waals surface area contributed by atoms with E-state index >= 15 is 0 Å². The molecule has 0 heterocycles. The van der Waals surface area contributed by atoms with Crippen LogP contribution >= 0.6 is 0 Å². The van der Waals surface area contributed by atoms with Crippen molar-refractivity contribution in [1.82, 2.24) is 5.32 Å². The van der Waals surface area contributed by atoms with Gasteiger partial charge in [-0.2, -0.15) is 0 Å². The number of aliphatic hydroxyl groups excluding tert-OH is 1. The van der Waals surface area contributed by atoms with Crippen LogP contribution < -0.4 is 10.1 Å². The van der Waals surface area contributed by atoms with Gasteiger partial charge in [0, 0.05) is 6.07 Å². The third-order valence-corrected chi connectivity index (χ3v) is 3.58. The van der Waals surface area contributed by atoms with Gasteiger partial charge in [0.15, 0.2) is 18.2 Å². The van der Waals surface area contributed by atoms with Crippen molar-refractivity contribution in [2.24, 2.45) is 0 Å². The van der Waals surface area contributed by atoms with Crippen LogP contribution in [-0.2, 0) is 4.79 Å². The van der Waals surface area contributed by atoms with Crippen molar-refractivity contribution in [2.75, 3.05) is 6.61 Å². The normalized spacial score (nSPS) is 22.4. The van der Waals surface area contributed by atoms with E-state index in [0.29, 0.717) is 12.5 Å². The highest BCUT2D eigenvalue weighted by Crippen LogP contribution is 2.19. The molecule has 1 amide bonds. The third-order valence-electron chi connectivity index (χ3n) is 3.58. The van der Waals surface area contributed by atoms with Crippen LogP contribution in [0.1, 0.15) is 32.1 Å². The monoisotopic (exact) mass is 299 g/mol. The van der Waals surface area contributed by atoms with Crippen LogP contribution in [-0.4, -0.2) is 29.8 Å². The topological polar surface area (TPSA) is 58.6 Å². The van der Waals surface area contributed by atoms with Crippen molar-refractivity contribution in [3.8, 4) is 5.75 Å². The van der Waals surface area contributed by atoms with E-state index in [1.165, 1.54) is 0 Å². The number of halogens is 2. The Bertz CT molecular complexity index is 496. The summed E-state index contributed by atoms with van der Waals surface area (Å²) in [5.74, 6) is -2.15. The molecule has 0 aromatic heterocycles. The molecule has 0 bridgehead atoms. The molecule has 0 saturated heterocycles. The minimum atomic E-state index is -0.850. The molecule has 21 heavy (non-hydrogen) atoms. The van der Waals surface area contributed by atoms with Crippen molar-refractivity contribution in [2.45, 2.75) is 44.2 Å². The summed E-state index contributed by atoms with van der Waals surface area (Å²) in [5, 5.41) is 12.6. The average molecular weight is 299 g/mol. The highest BCUT2D eigenvalue weighted by atomic mass is 19.1. The third kappa shape index (κ3) is 4.67. The Labute approximate surface area is 122 Å². The van der Waals surface area contributed by atoms with Crippen LogP contribution in [0.2, 0.25) is 0 Å². The Morgan fingerprint density at radius 2 is 2.05 bits per heavy atom. The van der Waals surface area contributed by atoms with Crippen LogP contribution in [0.5, 0.6) is 5.75 Å². The van der Waals surface area contributed by atoms with Crippen molar-refractivity contribution < 1.29 is 23.4 Å². The first-order valence-electron chi connectivity index (χ1n) is 7.11. The number of carbonyl (C=O) groups is 1. The number of aliphatic hydroxyl groups is 1. The first-order valence-corrected chi connectivity index (χ1v) is 7.11. The van der Waals surface area contributed by atoms with Gasteiger partial charge < -0.3 is 15.2 Å². The number of benzene rings is 1. The smallest absolute Gasteiger partial charge is 0.258 e. The van der Waals surface area contributed by atoms with Crippen LogP contribution in [0, 0.1) is 11.6 Å². The van der Waals surface area contributed by atoms with Gasteiger partial charge >= 0.3 is 0 Å². The van der Waals surface area contributed by atoms with Gasteiger partial charge in [-0.25, -0.2) is 8.78 Å². The Morgan fingerprint density at radius 3 is 2.81 bits per heavy atom. The van der Waals surface area contributed by atoms with E-state index in [0.717, 1.165) is 37.8 Å². The molecule has 2 N–H and O–H groups in total. The van der Waals surface area contributed by atoms with Gasteiger partial charge in [0.2, 0.25) is 0 Å². The lowest BCUT2D eigenvalue weighted by Gasteiger charge is -2.21. The number of rotatable bonds is 4. The Hall–Kier alpha value is -1.69. The first-order chi connectivity index (χ1) is 10.1. The summed E-state index contributed by atoms with van der Waals surface area (Å²) in [4.78, 5) is 11.8. The minimum absolute atomic E-state index is 0.173. The molecule has 4 nitrogen and oxygen atoms in total. The van der Waals surface area contributed by atoms with E-state index in [-0.39, 0.29) is 18.4 Å². The Kier molecular flexibility index (Phi) is 5.50. The predicted octanol–water partition coefficient (Wildman–Crippen LogP) is 2.15. The van der Waals surface area contributed by atoms with Crippen LogP contribution in [0.3, 0.4) is 0 Å². The van der Waals surface area contributed by atoms with Gasteiger partial charge in [0.1, 0.15) is 5.82 Å². The van der Waals surface area contributed by atoms with Gasteiger partial charge in [-0.1, -0.05) is 19.3 Å². The zero-order chi connectivity index (χ0) is 15.2. The molecular formula is C15H19F2NO3. The number of ether oxygens (including phenoxy) is 1. The summed E-state index contributed by atoms with van der Waals surface area (Å²) in [6, 6.07) is 2.60. The quantitative estimate of drug-likeness (QED) is 0.838. The molecule has 0 spiro atoms. The molecular weight excluding hydrogens is 280 g/mol. The highest BCUT2D eigenvalue weighted by Gasteiger charge is 2.23. The van der Waals surface area contributed by atoms with Gasteiger partial charge in [0.25, 0.3) is 5.91 Å². The van der Waals surface area contributed by atoms with E-state index in [4.69, 9.17) is 4.74 Å². The number of hydrogen-bond acceptors (Lipinski definition) is 3. The van der Waals surface area contributed by atoms with Crippen LogP contribution in [0.15, 0.2) is 18.2 Å². The summed E-state index contributed by atoms with van der Waals surface area (Å²) >= 11 is 0. The zero-order valence-corrected chi connectivity index (χ0v) is 11.6. The average Bonchev–Trinajstić information content (AvgIpc) is 2.63. The molecule has 2 unspecified atom stereocenters. The first kappa shape index (κ1) is 15.7. The fourth-order valence-electron chi connectivity index (χ4n) is 2.44. The summed E-state index contributed by atoms with van der Waals surface area (Å²) in [7, 11) is 0. The maximum Gasteiger partial charge on any atom is 0.258 e. The zero-order valence-electron chi connectivity index (χ0n) is 11.6. The largest absolute Gasteiger partial charge is 0.481 e. The van der Waals surface area contributed by atoms with E-state index in [1.807, 2.05) is 0 Å². The molecule has 2 atom stereocenters. The van der Waals surface area contributed by atoms with Gasteiger partial charge in [-0.3, -0.25) is 4.79 Å². The molecule has 1 aliphatic carbocycles. The van der Waals surface area contributed by atoms with Crippen molar-refractivity contribution in [1.29, 1.82) is 0 Å². The predicted molar refractivity (Wildman–Crippen MR) is 72.9 cm³/mol. The SMILES string of the molecule is O=C(COc1ccc(F)cc1F)NC1CCCCCC1O. The fourth-order valence-corrected chi connectivity index (χ4v) is 2.44. The summed E-state index contributed by atoms with van der Waals surface area (Å²) in [5.41, 5.74) is 0. The molecule has 1 aromatic rings. The van der Waals surface area contributed by atoms with Crippen molar-refractivity contribution in [3.63, 3.8) is 0 Å². The standard InChI is InChI=1S/C15H19F2NO3/c16-10-6-7-14(11(17)8-10)21-9-15(20)18-12-4-2-1-3-5-13(12)19/h6-8,12-13,19H,1-5,9H2,(H,18,20). The minimum Gasteiger partial charge on any atom is -0.481 e. The summed E-state index contributed by atoms with van der Waals surface area (Å²) in [6.45, 7) is -0.369. The molecule has 0 aliphatic heterocycles. The lowest BCUT2D eigenvalue weighted by atomic mass is 10.1. The summed E-state index contributed by atoms with van der Waals surface area (Å²) < 4.78 is 31.1. The number of carbonyl (C=O) groups excluding carboxylic acids is 1. The lowest BCUT2D eigenvalue weighted by molar-refractivity contribution is -0.124. The molecule has 6 heteroatoms. The van der Waals surface area contributed by atoms with Gasteiger partial charge in [0.05, 0.1) is 12.1 Å². The second-order valence-electron chi connectivity index (χ2n) is 5.24. The molecule has 116 valence electrons. The molecule has 1 aromatic carbocycles. The Morgan fingerprint density at radius 1 is 1.29 bits per heavy atom. The molecule has 0 radical (unpaired) electrons. The number of amides is 1. The van der Waals surface area contributed by atoms with Crippen LogP contribution in [0.25, 0.3) is 0 Å². The summed E-state index contributed by atoms with van der Waals surface area (Å²) in [6.07, 6.45) is 3.77. The molecule has 2 rings (SSSR count). The van der Waals surface area contributed by atoms with Crippen molar-refractivity contribution >= 4 is 5.91 Å². The fraction of sp³-hybridized carbons (Fsp3) is 0.533. The molecule has 1 aliphatic rings. The number of nitrogens with one attached hydrogen (secondary N) is 1. The van der Waals surface area contributed by atoms with Crippen LogP contribution in [0.4, 0.5) is 8.78 Å².